The zero-order valence-corrected chi connectivity index (χ0v) is 39.3. The monoisotopic (exact) mass is 913 g/mol. The summed E-state index contributed by atoms with van der Waals surface area (Å²) in [5.74, 6) is 1.29. The minimum atomic E-state index is -3.40. The SMILES string of the molecule is CNCc1ccc(Cc2nnc(N[C@H](C)c3cccc(S(C)(=O)=O)c3C)c3cc(N4CCOCC4)cnc23)cc1-c1csc([C@@H](C)Nc2nnc(C)c3ncc(N4CCOCC4)cc23)c1. The van der Waals surface area contributed by atoms with Crippen LogP contribution in [0, 0.1) is 13.8 Å². The Balaban J connectivity index is 1.01. The Hall–Kier alpha value is -5.85. The Kier molecular flexibility index (Phi) is 12.9. The van der Waals surface area contributed by atoms with Crippen molar-refractivity contribution in [1.29, 1.82) is 0 Å². The van der Waals surface area contributed by atoms with Crippen LogP contribution in [0.2, 0.25) is 0 Å². The fourth-order valence-electron chi connectivity index (χ4n) is 8.87. The maximum atomic E-state index is 12.6. The summed E-state index contributed by atoms with van der Waals surface area (Å²) < 4.78 is 36.4. The lowest BCUT2D eigenvalue weighted by molar-refractivity contribution is 0.122. The second-order valence-electron chi connectivity index (χ2n) is 16.9. The first-order valence-corrected chi connectivity index (χ1v) is 24.8. The van der Waals surface area contributed by atoms with Crippen molar-refractivity contribution in [2.75, 3.05) is 86.3 Å². The molecular weight excluding hydrogens is 859 g/mol. The third-order valence-electron chi connectivity index (χ3n) is 12.4. The van der Waals surface area contributed by atoms with Crippen LogP contribution in [0.25, 0.3) is 32.9 Å². The van der Waals surface area contributed by atoms with Crippen molar-refractivity contribution < 1.29 is 17.9 Å². The lowest BCUT2D eigenvalue weighted by Crippen LogP contribution is -2.36. The molecule has 0 bridgehead atoms. The van der Waals surface area contributed by atoms with E-state index in [1.54, 1.807) is 23.5 Å². The van der Waals surface area contributed by atoms with E-state index in [-0.39, 0.29) is 12.1 Å². The number of aryl methyl sites for hydroxylation is 1. The molecule has 7 aromatic rings. The number of hydrogen-bond donors (Lipinski definition) is 3. The van der Waals surface area contributed by atoms with Gasteiger partial charge in [0.25, 0.3) is 0 Å². The number of sulfone groups is 1. The smallest absolute Gasteiger partial charge is 0.175 e. The van der Waals surface area contributed by atoms with E-state index >= 15 is 0 Å². The van der Waals surface area contributed by atoms with Gasteiger partial charge in [0.2, 0.25) is 0 Å². The van der Waals surface area contributed by atoms with Crippen LogP contribution in [0.15, 0.2) is 77.3 Å². The first-order valence-electron chi connectivity index (χ1n) is 22.1. The fourth-order valence-corrected chi connectivity index (χ4v) is 10.8. The normalized spacial score (nSPS) is 15.7. The average molecular weight is 914 g/mol. The molecule has 7 heterocycles. The summed E-state index contributed by atoms with van der Waals surface area (Å²) in [6, 6.07) is 18.3. The van der Waals surface area contributed by atoms with E-state index in [0.717, 1.165) is 93.0 Å². The van der Waals surface area contributed by atoms with E-state index in [1.807, 2.05) is 46.3 Å². The van der Waals surface area contributed by atoms with Crippen molar-refractivity contribution in [2.45, 2.75) is 57.6 Å². The predicted molar refractivity (Wildman–Crippen MR) is 259 cm³/mol. The Bertz CT molecular complexity index is 2970. The van der Waals surface area contributed by atoms with E-state index in [2.05, 4.69) is 84.6 Å². The minimum absolute atomic E-state index is 0.0469. The van der Waals surface area contributed by atoms with Gasteiger partial charge in [-0.15, -0.1) is 21.5 Å². The number of anilines is 4. The van der Waals surface area contributed by atoms with Crippen LogP contribution in [0.3, 0.4) is 0 Å². The van der Waals surface area contributed by atoms with Crippen LogP contribution in [-0.4, -0.2) is 105 Å². The van der Waals surface area contributed by atoms with Crippen molar-refractivity contribution in [2.24, 2.45) is 0 Å². The largest absolute Gasteiger partial charge is 0.378 e. The number of morpholine rings is 2. The van der Waals surface area contributed by atoms with Crippen molar-refractivity contribution in [1.82, 2.24) is 35.7 Å². The van der Waals surface area contributed by atoms with Gasteiger partial charge in [-0.25, -0.2) is 8.42 Å². The molecule has 0 radical (unpaired) electrons. The van der Waals surface area contributed by atoms with E-state index in [4.69, 9.17) is 29.6 Å². The third kappa shape index (κ3) is 9.47. The molecule has 2 atom stereocenters. The Morgan fingerprint density at radius 3 is 2.06 bits per heavy atom. The molecule has 0 saturated carbocycles. The molecule has 2 aliphatic heterocycles. The average Bonchev–Trinajstić information content (AvgIpc) is 3.82. The molecule has 9 rings (SSSR count). The van der Waals surface area contributed by atoms with Gasteiger partial charge in [-0.3, -0.25) is 9.97 Å². The van der Waals surface area contributed by atoms with E-state index in [9.17, 15) is 8.42 Å². The van der Waals surface area contributed by atoms with Crippen LogP contribution in [-0.2, 0) is 32.3 Å². The summed E-state index contributed by atoms with van der Waals surface area (Å²) in [5.41, 5.74) is 11.3. The van der Waals surface area contributed by atoms with Crippen LogP contribution in [0.5, 0.6) is 0 Å². The van der Waals surface area contributed by atoms with Gasteiger partial charge in [-0.2, -0.15) is 10.2 Å². The quantitative estimate of drug-likeness (QED) is 0.0982. The molecule has 5 aromatic heterocycles. The highest BCUT2D eigenvalue weighted by Gasteiger charge is 2.23. The van der Waals surface area contributed by atoms with Crippen molar-refractivity contribution >= 4 is 66.0 Å². The van der Waals surface area contributed by atoms with Crippen LogP contribution in [0.4, 0.5) is 23.0 Å². The van der Waals surface area contributed by atoms with Gasteiger partial charge in [-0.1, -0.05) is 30.3 Å². The van der Waals surface area contributed by atoms with Crippen molar-refractivity contribution in [3.8, 4) is 11.1 Å². The van der Waals surface area contributed by atoms with E-state index in [0.29, 0.717) is 61.5 Å². The fraction of sp³-hybridized carbons (Fsp3) is 0.375. The number of ether oxygens (including phenoxy) is 2. The lowest BCUT2D eigenvalue weighted by Gasteiger charge is -2.29. The first kappa shape index (κ1) is 44.4. The standard InChI is InChI=1S/C48H55N11O4S2/c1-29-38(8-7-9-44(29)65(6,60)61)30(2)52-48-41-24-37(59-14-18-63-19-15-59)27-51-46(41)42(55-57-48)21-33-10-11-34(25-49-5)39(20-33)35-22-43(64-28-35)31(3)53-47-40-23-36(58-12-16-62-17-13-58)26-50-45(40)32(4)54-56-47/h7-11,20,22-24,26-28,30-31,49H,12-19,21,25H2,1-6H3,(H,52,57)(H,53,56)/t30-,31-/m1/s1. The molecule has 17 heteroatoms. The van der Waals surface area contributed by atoms with Gasteiger partial charge in [0.15, 0.2) is 21.5 Å². The van der Waals surface area contributed by atoms with Gasteiger partial charge < -0.3 is 35.2 Å². The van der Waals surface area contributed by atoms with Crippen molar-refractivity contribution in [3.63, 3.8) is 0 Å². The molecule has 3 N–H and O–H groups in total. The summed E-state index contributed by atoms with van der Waals surface area (Å²) in [7, 11) is -1.44. The number of nitrogens with one attached hydrogen (secondary N) is 3. The number of fused-ring (bicyclic) bond motifs is 2. The number of thiophene rings is 1. The van der Waals surface area contributed by atoms with Crippen LogP contribution < -0.4 is 25.8 Å². The number of hydrogen-bond acceptors (Lipinski definition) is 16. The number of rotatable bonds is 14. The number of benzene rings is 2. The first-order chi connectivity index (χ1) is 31.4. The second kappa shape index (κ2) is 18.9. The molecule has 15 nitrogen and oxygen atoms in total. The van der Waals surface area contributed by atoms with Crippen LogP contribution >= 0.6 is 11.3 Å². The molecule has 65 heavy (non-hydrogen) atoms. The molecule has 0 spiro atoms. The summed E-state index contributed by atoms with van der Waals surface area (Å²) in [4.78, 5) is 15.9. The molecule has 0 unspecified atom stereocenters. The Morgan fingerprint density at radius 1 is 0.769 bits per heavy atom. The second-order valence-corrected chi connectivity index (χ2v) is 19.8. The lowest BCUT2D eigenvalue weighted by atomic mass is 9.96. The molecule has 2 saturated heterocycles. The highest BCUT2D eigenvalue weighted by Crippen LogP contribution is 2.37. The molecular formula is C48H55N11O4S2. The summed E-state index contributed by atoms with van der Waals surface area (Å²) in [5, 5.41) is 33.3. The van der Waals surface area contributed by atoms with Gasteiger partial charge in [0.05, 0.1) is 89.6 Å². The summed E-state index contributed by atoms with van der Waals surface area (Å²) in [6.07, 6.45) is 5.60. The zero-order chi connectivity index (χ0) is 45.2. The van der Waals surface area contributed by atoms with E-state index < -0.39 is 9.84 Å². The third-order valence-corrected chi connectivity index (χ3v) is 14.7. The van der Waals surface area contributed by atoms with E-state index in [1.165, 1.54) is 16.7 Å². The maximum Gasteiger partial charge on any atom is 0.175 e. The molecule has 0 amide bonds. The summed E-state index contributed by atoms with van der Waals surface area (Å²) >= 11 is 1.72. The molecule has 2 aromatic carbocycles. The van der Waals surface area contributed by atoms with Gasteiger partial charge in [0.1, 0.15) is 0 Å². The number of aromatic nitrogens is 6. The number of pyridine rings is 2. The van der Waals surface area contributed by atoms with Gasteiger partial charge in [0, 0.05) is 61.0 Å². The Labute approximate surface area is 383 Å². The zero-order valence-electron chi connectivity index (χ0n) is 37.7. The highest BCUT2D eigenvalue weighted by molar-refractivity contribution is 7.90. The maximum absolute atomic E-state index is 12.6. The van der Waals surface area contributed by atoms with Gasteiger partial charge in [-0.05, 0) is 97.8 Å². The molecule has 0 aliphatic carbocycles. The summed E-state index contributed by atoms with van der Waals surface area (Å²) in [6.45, 7) is 14.5. The predicted octanol–water partition coefficient (Wildman–Crippen LogP) is 7.44. The highest BCUT2D eigenvalue weighted by atomic mass is 32.2. The number of nitrogens with zero attached hydrogens (tertiary/aromatic N) is 8. The minimum Gasteiger partial charge on any atom is -0.378 e. The van der Waals surface area contributed by atoms with Crippen LogP contribution in [0.1, 0.15) is 64.4 Å². The van der Waals surface area contributed by atoms with Crippen molar-refractivity contribution in [3.05, 3.63) is 111 Å². The topological polar surface area (TPSA) is 173 Å². The van der Waals surface area contributed by atoms with Gasteiger partial charge >= 0.3 is 0 Å². The molecule has 2 aliphatic rings. The molecule has 338 valence electrons. The molecule has 2 fully saturated rings. The Morgan fingerprint density at radius 2 is 1.40 bits per heavy atom.